The van der Waals surface area contributed by atoms with E-state index in [1.807, 2.05) is 48.5 Å². The number of nitrogens with zero attached hydrogens (tertiary/aromatic N) is 4. The number of piperazine rings is 1. The molecule has 2 heterocycles. The minimum atomic E-state index is -0.559. The van der Waals surface area contributed by atoms with Crippen LogP contribution < -0.4 is 16.1 Å². The number of aromatic amines is 1. The number of aromatic nitrogens is 2. The molecule has 8 heteroatoms. The van der Waals surface area contributed by atoms with Gasteiger partial charge in [0.1, 0.15) is 0 Å². The standard InChI is InChI=1S/C28H26ClN5O2/c1-32-11-13-33(14-12-32)25-17-22(29)16-23-26(25)27(35)34(28(36)31-23)24(15-19-5-3-2-4-6-19)21-9-7-20(18-30)8-10-21/h2-10,16-17,24H,11-15H2,1H3,(H,31,36). The number of likely N-dealkylation sites (N-methyl/N-ethyl adjacent to an activating group) is 1. The van der Waals surface area contributed by atoms with Gasteiger partial charge in [-0.3, -0.25) is 9.36 Å². The van der Waals surface area contributed by atoms with Gasteiger partial charge in [0.05, 0.1) is 34.3 Å². The van der Waals surface area contributed by atoms with Gasteiger partial charge in [-0.25, -0.2) is 4.79 Å². The molecule has 0 aliphatic carbocycles. The predicted molar refractivity (Wildman–Crippen MR) is 143 cm³/mol. The van der Waals surface area contributed by atoms with E-state index in [1.165, 1.54) is 4.57 Å². The third kappa shape index (κ3) is 4.66. The van der Waals surface area contributed by atoms with Crippen molar-refractivity contribution < 1.29 is 0 Å². The molecule has 0 bridgehead atoms. The predicted octanol–water partition coefficient (Wildman–Crippen LogP) is 3.80. The summed E-state index contributed by atoms with van der Waals surface area (Å²) in [6.45, 7) is 3.25. The third-order valence-electron chi connectivity index (χ3n) is 6.83. The van der Waals surface area contributed by atoms with Crippen LogP contribution in [0.15, 0.2) is 76.3 Å². The normalized spacial score (nSPS) is 15.1. The summed E-state index contributed by atoms with van der Waals surface area (Å²) >= 11 is 6.42. The van der Waals surface area contributed by atoms with Crippen molar-refractivity contribution in [3.63, 3.8) is 0 Å². The van der Waals surface area contributed by atoms with Crippen LogP contribution in [0.25, 0.3) is 10.9 Å². The lowest BCUT2D eigenvalue weighted by Gasteiger charge is -2.34. The van der Waals surface area contributed by atoms with E-state index in [0.717, 1.165) is 43.0 Å². The van der Waals surface area contributed by atoms with Gasteiger partial charge in [-0.05, 0) is 48.9 Å². The molecule has 5 rings (SSSR count). The van der Waals surface area contributed by atoms with Gasteiger partial charge in [0.2, 0.25) is 0 Å². The summed E-state index contributed by atoms with van der Waals surface area (Å²) in [5.74, 6) is 0. The van der Waals surface area contributed by atoms with Gasteiger partial charge >= 0.3 is 5.69 Å². The number of benzene rings is 3. The van der Waals surface area contributed by atoms with E-state index in [1.54, 1.807) is 18.2 Å². The lowest BCUT2D eigenvalue weighted by atomic mass is 9.97. The van der Waals surface area contributed by atoms with Gasteiger partial charge in [-0.2, -0.15) is 5.26 Å². The number of hydrogen-bond donors (Lipinski definition) is 1. The van der Waals surface area contributed by atoms with Crippen molar-refractivity contribution in [1.82, 2.24) is 14.5 Å². The molecule has 1 atom stereocenters. The number of hydrogen-bond acceptors (Lipinski definition) is 5. The zero-order valence-electron chi connectivity index (χ0n) is 19.9. The van der Waals surface area contributed by atoms with E-state index < -0.39 is 11.7 Å². The average molecular weight is 500 g/mol. The Morgan fingerprint density at radius 3 is 2.36 bits per heavy atom. The minimum absolute atomic E-state index is 0.357. The fourth-order valence-corrected chi connectivity index (χ4v) is 5.07. The molecule has 7 nitrogen and oxygen atoms in total. The Morgan fingerprint density at radius 1 is 1.00 bits per heavy atom. The number of rotatable bonds is 5. The molecule has 36 heavy (non-hydrogen) atoms. The average Bonchev–Trinajstić information content (AvgIpc) is 2.88. The van der Waals surface area contributed by atoms with Crippen LogP contribution in [0.5, 0.6) is 0 Å². The van der Waals surface area contributed by atoms with Crippen molar-refractivity contribution in [1.29, 1.82) is 5.26 Å². The van der Waals surface area contributed by atoms with Crippen LogP contribution in [-0.2, 0) is 6.42 Å². The molecule has 4 aromatic rings. The van der Waals surface area contributed by atoms with Crippen LogP contribution in [-0.4, -0.2) is 47.7 Å². The largest absolute Gasteiger partial charge is 0.368 e. The summed E-state index contributed by atoms with van der Waals surface area (Å²) in [6, 6.07) is 21.8. The zero-order valence-corrected chi connectivity index (χ0v) is 20.7. The van der Waals surface area contributed by atoms with E-state index in [2.05, 4.69) is 27.9 Å². The smallest absolute Gasteiger partial charge is 0.329 e. The lowest BCUT2D eigenvalue weighted by molar-refractivity contribution is 0.313. The molecule has 0 radical (unpaired) electrons. The summed E-state index contributed by atoms with van der Waals surface area (Å²) in [6.07, 6.45) is 0.443. The highest BCUT2D eigenvalue weighted by Gasteiger charge is 2.24. The molecular formula is C28H26ClN5O2. The second-order valence-electron chi connectivity index (χ2n) is 9.18. The molecule has 0 spiro atoms. The van der Waals surface area contributed by atoms with E-state index in [0.29, 0.717) is 27.9 Å². The Morgan fingerprint density at radius 2 is 1.69 bits per heavy atom. The number of nitriles is 1. The number of halogens is 1. The van der Waals surface area contributed by atoms with Crippen LogP contribution >= 0.6 is 11.6 Å². The van der Waals surface area contributed by atoms with Crippen LogP contribution in [0.1, 0.15) is 22.7 Å². The molecule has 0 saturated carbocycles. The first-order valence-corrected chi connectivity index (χ1v) is 12.3. The number of nitrogens with one attached hydrogen (secondary N) is 1. The van der Waals surface area contributed by atoms with Gasteiger partial charge < -0.3 is 14.8 Å². The number of anilines is 1. The first kappa shape index (κ1) is 23.9. The van der Waals surface area contributed by atoms with Crippen molar-refractivity contribution in [2.24, 2.45) is 0 Å². The van der Waals surface area contributed by atoms with Crippen molar-refractivity contribution in [2.45, 2.75) is 12.5 Å². The molecule has 1 aromatic heterocycles. The van der Waals surface area contributed by atoms with Crippen molar-refractivity contribution in [3.05, 3.63) is 109 Å². The highest BCUT2D eigenvalue weighted by Crippen LogP contribution is 2.29. The maximum Gasteiger partial charge on any atom is 0.329 e. The summed E-state index contributed by atoms with van der Waals surface area (Å²) < 4.78 is 1.31. The third-order valence-corrected chi connectivity index (χ3v) is 7.05. The van der Waals surface area contributed by atoms with Crippen LogP contribution in [0.2, 0.25) is 5.02 Å². The molecule has 0 amide bonds. The quantitative estimate of drug-likeness (QED) is 0.451. The summed E-state index contributed by atoms with van der Waals surface area (Å²) in [7, 11) is 2.07. The van der Waals surface area contributed by atoms with E-state index in [-0.39, 0.29) is 5.56 Å². The summed E-state index contributed by atoms with van der Waals surface area (Å²) in [5, 5.41) is 10.2. The summed E-state index contributed by atoms with van der Waals surface area (Å²) in [5.41, 5.74) is 2.60. The molecule has 1 unspecified atom stereocenters. The van der Waals surface area contributed by atoms with Crippen molar-refractivity contribution in [3.8, 4) is 6.07 Å². The zero-order chi connectivity index (χ0) is 25.2. The Kier molecular flexibility index (Phi) is 6.64. The first-order valence-electron chi connectivity index (χ1n) is 11.9. The minimum Gasteiger partial charge on any atom is -0.368 e. The van der Waals surface area contributed by atoms with Crippen LogP contribution in [0.4, 0.5) is 5.69 Å². The van der Waals surface area contributed by atoms with E-state index >= 15 is 0 Å². The van der Waals surface area contributed by atoms with Gasteiger partial charge in [0, 0.05) is 31.2 Å². The SMILES string of the molecule is CN1CCN(c2cc(Cl)cc3[nH]c(=O)n(C(Cc4ccccc4)c4ccc(C#N)cc4)c(=O)c23)CC1. The monoisotopic (exact) mass is 499 g/mol. The van der Waals surface area contributed by atoms with Gasteiger partial charge in [-0.1, -0.05) is 54.1 Å². The van der Waals surface area contributed by atoms with Gasteiger partial charge in [-0.15, -0.1) is 0 Å². The van der Waals surface area contributed by atoms with Gasteiger partial charge in [0.15, 0.2) is 0 Å². The van der Waals surface area contributed by atoms with Crippen molar-refractivity contribution >= 4 is 28.2 Å². The fraction of sp³-hybridized carbons (Fsp3) is 0.250. The first-order chi connectivity index (χ1) is 17.4. The Balaban J connectivity index is 1.71. The second-order valence-corrected chi connectivity index (χ2v) is 9.62. The van der Waals surface area contributed by atoms with Crippen LogP contribution in [0.3, 0.4) is 0 Å². The second kappa shape index (κ2) is 10.0. The Labute approximate surface area is 213 Å². The Bertz CT molecular complexity index is 1550. The van der Waals surface area contributed by atoms with Gasteiger partial charge in [0.25, 0.3) is 5.56 Å². The molecule has 3 aromatic carbocycles. The molecule has 1 fully saturated rings. The molecule has 182 valence electrons. The van der Waals surface area contributed by atoms with Crippen molar-refractivity contribution in [2.75, 3.05) is 38.1 Å². The molecular weight excluding hydrogens is 474 g/mol. The molecule has 1 N–H and O–H groups in total. The Hall–Kier alpha value is -3.86. The number of fused-ring (bicyclic) bond motifs is 1. The van der Waals surface area contributed by atoms with Crippen LogP contribution in [0, 0.1) is 11.3 Å². The lowest BCUT2D eigenvalue weighted by Crippen LogP contribution is -2.45. The molecule has 1 aliphatic rings. The number of H-pyrrole nitrogens is 1. The highest BCUT2D eigenvalue weighted by molar-refractivity contribution is 6.31. The summed E-state index contributed by atoms with van der Waals surface area (Å²) in [4.78, 5) is 34.9. The maximum atomic E-state index is 14.1. The topological polar surface area (TPSA) is 85.1 Å². The highest BCUT2D eigenvalue weighted by atomic mass is 35.5. The maximum absolute atomic E-state index is 14.1. The molecule has 1 aliphatic heterocycles. The van der Waals surface area contributed by atoms with E-state index in [4.69, 9.17) is 11.6 Å². The molecule has 1 saturated heterocycles. The van der Waals surface area contributed by atoms with E-state index in [9.17, 15) is 14.9 Å². The fourth-order valence-electron chi connectivity index (χ4n) is 4.86.